The number of anilines is 1. The summed E-state index contributed by atoms with van der Waals surface area (Å²) >= 11 is 16.3. The van der Waals surface area contributed by atoms with E-state index in [4.69, 9.17) is 28.9 Å². The average Bonchev–Trinajstić information content (AvgIpc) is 2.49. The van der Waals surface area contributed by atoms with Gasteiger partial charge in [0.2, 0.25) is 0 Å². The van der Waals surface area contributed by atoms with E-state index in [1.165, 1.54) is 12.1 Å². The number of nitrogens with zero attached hydrogens (tertiary/aromatic N) is 1. The third kappa shape index (κ3) is 4.27. The molecule has 0 aliphatic carbocycles. The average molecular weight is 360 g/mol. The molecule has 0 aromatic heterocycles. The molecule has 8 heteroatoms. The van der Waals surface area contributed by atoms with E-state index in [2.05, 4.69) is 27.7 Å². The molecule has 0 radical (unpaired) electrons. The van der Waals surface area contributed by atoms with Gasteiger partial charge in [0, 0.05) is 5.56 Å². The van der Waals surface area contributed by atoms with Gasteiger partial charge in [0.25, 0.3) is 5.91 Å². The highest BCUT2D eigenvalue weighted by Crippen LogP contribution is 2.29. The number of hydrogen-bond acceptors (Lipinski definition) is 5. The minimum atomic E-state index is -1.08. The highest BCUT2D eigenvalue weighted by molar-refractivity contribution is 7.78. The molecular weight excluding hydrogens is 345 g/mol. The Balaban J connectivity index is 3.03. The summed E-state index contributed by atoms with van der Waals surface area (Å²) < 4.78 is 0. The second-order valence-electron chi connectivity index (χ2n) is 4.82. The number of Topliss-reactive ketones (excluding diaryl/α,β-unsaturated/α-hetero) is 1. The van der Waals surface area contributed by atoms with Crippen LogP contribution in [-0.4, -0.2) is 28.9 Å². The van der Waals surface area contributed by atoms with E-state index in [0.717, 1.165) is 0 Å². The predicted octanol–water partition coefficient (Wildman–Crippen LogP) is 3.15. The summed E-state index contributed by atoms with van der Waals surface area (Å²) in [5.74, 6) is -0.749. The van der Waals surface area contributed by atoms with Gasteiger partial charge in [-0.2, -0.15) is 0 Å². The monoisotopic (exact) mass is 359 g/mol. The Bertz CT molecular complexity index is 636. The zero-order valence-electron chi connectivity index (χ0n) is 12.1. The fourth-order valence-corrected chi connectivity index (χ4v) is 2.22. The van der Waals surface area contributed by atoms with Crippen molar-refractivity contribution in [1.82, 2.24) is 5.32 Å². The third-order valence-electron chi connectivity index (χ3n) is 3.34. The number of nitrogen functional groups attached to an aromatic ring is 1. The minimum absolute atomic E-state index is 0.141. The largest absolute Gasteiger partial charge is 0.396 e. The molecule has 0 heterocycles. The van der Waals surface area contributed by atoms with Crippen LogP contribution < -0.4 is 11.1 Å². The van der Waals surface area contributed by atoms with Crippen LogP contribution in [0.5, 0.6) is 0 Å². The van der Waals surface area contributed by atoms with E-state index in [0.29, 0.717) is 6.42 Å². The molecule has 1 aromatic carbocycles. The molecule has 0 bridgehead atoms. The Kier molecular flexibility index (Phi) is 6.50. The van der Waals surface area contributed by atoms with Crippen molar-refractivity contribution in [2.75, 3.05) is 12.3 Å². The molecule has 0 fully saturated rings. The number of rotatable bonds is 6. The van der Waals surface area contributed by atoms with Crippen LogP contribution in [0.15, 0.2) is 17.1 Å². The van der Waals surface area contributed by atoms with Crippen LogP contribution in [0.2, 0.25) is 10.0 Å². The number of isothiocyanates is 1. The standard InChI is InChI=1S/C14H15Cl2N3O2S/c1-3-14(2,11(20)6-18-7-22)19-13(21)8-4-9(15)12(17)10(16)5-8/h4-5H,3,6,17H2,1-2H3,(H,19,21). The summed E-state index contributed by atoms with van der Waals surface area (Å²) in [6.45, 7) is 3.26. The summed E-state index contributed by atoms with van der Waals surface area (Å²) in [6, 6.07) is 2.79. The molecule has 22 heavy (non-hydrogen) atoms. The van der Waals surface area contributed by atoms with Crippen molar-refractivity contribution >= 4 is 58.0 Å². The summed E-state index contributed by atoms with van der Waals surface area (Å²) in [5.41, 5.74) is 4.97. The molecule has 1 atom stereocenters. The number of carbonyl (C=O) groups is 2. The first kappa shape index (κ1) is 18.6. The van der Waals surface area contributed by atoms with Gasteiger partial charge in [-0.15, -0.1) is 0 Å². The molecule has 5 nitrogen and oxygen atoms in total. The van der Waals surface area contributed by atoms with Gasteiger partial charge in [0.1, 0.15) is 6.54 Å². The summed E-state index contributed by atoms with van der Waals surface area (Å²) in [5, 5.41) is 5.15. The number of thiocarbonyl (C=S) groups is 1. The lowest BCUT2D eigenvalue weighted by atomic mass is 9.92. The lowest BCUT2D eigenvalue weighted by Crippen LogP contribution is -2.52. The number of nitrogens with one attached hydrogen (secondary N) is 1. The summed E-state index contributed by atoms with van der Waals surface area (Å²) in [7, 11) is 0. The summed E-state index contributed by atoms with van der Waals surface area (Å²) in [6.07, 6.45) is 0.390. The van der Waals surface area contributed by atoms with E-state index >= 15 is 0 Å². The third-order valence-corrected chi connectivity index (χ3v) is 4.09. The molecule has 1 rings (SSSR count). The van der Waals surface area contributed by atoms with Crippen molar-refractivity contribution in [3.05, 3.63) is 27.7 Å². The Labute approximate surface area is 143 Å². The topological polar surface area (TPSA) is 84.5 Å². The maximum absolute atomic E-state index is 12.3. The SMILES string of the molecule is CCC(C)(NC(=O)c1cc(Cl)c(N)c(Cl)c1)C(=O)CN=C=S. The maximum Gasteiger partial charge on any atom is 0.252 e. The fourth-order valence-electron chi connectivity index (χ4n) is 1.67. The number of benzene rings is 1. The molecule has 118 valence electrons. The zero-order valence-corrected chi connectivity index (χ0v) is 14.4. The van der Waals surface area contributed by atoms with Gasteiger partial charge in [0.05, 0.1) is 26.4 Å². The Morgan fingerprint density at radius 3 is 2.41 bits per heavy atom. The molecule has 0 saturated carbocycles. The van der Waals surface area contributed by atoms with Crippen molar-refractivity contribution in [3.8, 4) is 0 Å². The maximum atomic E-state index is 12.3. The number of carbonyl (C=O) groups excluding carboxylic acids is 2. The van der Waals surface area contributed by atoms with Crippen LogP contribution in [-0.2, 0) is 4.79 Å². The molecule has 0 aliphatic heterocycles. The Morgan fingerprint density at radius 1 is 1.41 bits per heavy atom. The number of nitrogens with two attached hydrogens (primary N) is 1. The second kappa shape index (κ2) is 7.70. The number of ketones is 1. The molecule has 0 spiro atoms. The van der Waals surface area contributed by atoms with Crippen molar-refractivity contribution in [3.63, 3.8) is 0 Å². The minimum Gasteiger partial charge on any atom is -0.396 e. The van der Waals surface area contributed by atoms with Crippen molar-refractivity contribution in [2.24, 2.45) is 4.99 Å². The van der Waals surface area contributed by atoms with Crippen LogP contribution in [0.4, 0.5) is 5.69 Å². The number of halogens is 2. The van der Waals surface area contributed by atoms with Gasteiger partial charge in [0.15, 0.2) is 5.78 Å². The molecule has 3 N–H and O–H groups in total. The fraction of sp³-hybridized carbons (Fsp3) is 0.357. The van der Waals surface area contributed by atoms with E-state index in [9.17, 15) is 9.59 Å². The predicted molar refractivity (Wildman–Crippen MR) is 91.9 cm³/mol. The number of hydrogen-bond donors (Lipinski definition) is 2. The van der Waals surface area contributed by atoms with Crippen LogP contribution in [0.1, 0.15) is 30.6 Å². The van der Waals surface area contributed by atoms with Gasteiger partial charge in [-0.25, -0.2) is 4.99 Å². The smallest absolute Gasteiger partial charge is 0.252 e. The first-order valence-corrected chi connectivity index (χ1v) is 7.55. The van der Waals surface area contributed by atoms with Gasteiger partial charge in [-0.3, -0.25) is 9.59 Å². The van der Waals surface area contributed by atoms with Crippen molar-refractivity contribution < 1.29 is 9.59 Å². The quantitative estimate of drug-likeness (QED) is 0.464. The van der Waals surface area contributed by atoms with E-state index < -0.39 is 11.4 Å². The van der Waals surface area contributed by atoms with E-state index in [1.54, 1.807) is 13.8 Å². The molecule has 0 saturated heterocycles. The molecular formula is C14H15Cl2N3O2S. The van der Waals surface area contributed by atoms with Crippen molar-refractivity contribution in [2.45, 2.75) is 25.8 Å². The van der Waals surface area contributed by atoms with Crippen LogP contribution in [0, 0.1) is 0 Å². The number of aliphatic imine (C=N–C) groups is 1. The van der Waals surface area contributed by atoms with Gasteiger partial charge < -0.3 is 11.1 Å². The molecule has 1 aromatic rings. The molecule has 1 amide bonds. The van der Waals surface area contributed by atoms with E-state index in [1.807, 2.05) is 0 Å². The zero-order chi connectivity index (χ0) is 16.9. The van der Waals surface area contributed by atoms with Gasteiger partial charge in [-0.1, -0.05) is 30.1 Å². The Morgan fingerprint density at radius 2 is 1.95 bits per heavy atom. The lowest BCUT2D eigenvalue weighted by molar-refractivity contribution is -0.123. The lowest BCUT2D eigenvalue weighted by Gasteiger charge is -2.27. The summed E-state index contributed by atoms with van der Waals surface area (Å²) in [4.78, 5) is 28.1. The van der Waals surface area contributed by atoms with E-state index in [-0.39, 0.29) is 33.6 Å². The normalized spacial score (nSPS) is 12.9. The molecule has 0 aliphatic rings. The first-order valence-electron chi connectivity index (χ1n) is 6.39. The van der Waals surface area contributed by atoms with Crippen LogP contribution in [0.25, 0.3) is 0 Å². The van der Waals surface area contributed by atoms with Gasteiger partial charge in [-0.05, 0) is 37.7 Å². The second-order valence-corrected chi connectivity index (χ2v) is 5.82. The van der Waals surface area contributed by atoms with Crippen LogP contribution >= 0.6 is 35.4 Å². The highest BCUT2D eigenvalue weighted by atomic mass is 35.5. The first-order chi connectivity index (χ1) is 10.2. The number of amides is 1. The Hall–Kier alpha value is -1.46. The van der Waals surface area contributed by atoms with Gasteiger partial charge >= 0.3 is 0 Å². The van der Waals surface area contributed by atoms with Crippen molar-refractivity contribution in [1.29, 1.82) is 0 Å². The highest BCUT2D eigenvalue weighted by Gasteiger charge is 2.32. The van der Waals surface area contributed by atoms with Crippen LogP contribution in [0.3, 0.4) is 0 Å². The molecule has 1 unspecified atom stereocenters.